The first-order chi connectivity index (χ1) is 9.56. The van der Waals surface area contributed by atoms with Gasteiger partial charge in [0, 0.05) is 11.6 Å². The molecule has 1 heterocycles. The van der Waals surface area contributed by atoms with Crippen LogP contribution in [0.2, 0.25) is 5.02 Å². The maximum atomic E-state index is 12.5. The predicted octanol–water partition coefficient (Wildman–Crippen LogP) is 4.12. The molecular formula is C13H16BrClF2N2O. The van der Waals surface area contributed by atoms with Crippen LogP contribution in [-0.2, 0) is 0 Å². The van der Waals surface area contributed by atoms with Crippen molar-refractivity contribution in [2.24, 2.45) is 5.92 Å². The third-order valence-electron chi connectivity index (χ3n) is 3.20. The summed E-state index contributed by atoms with van der Waals surface area (Å²) in [4.78, 5) is 0. The molecule has 0 radical (unpaired) electrons. The second-order valence-corrected chi connectivity index (χ2v) is 6.03. The molecule has 112 valence electrons. The highest BCUT2D eigenvalue weighted by Crippen LogP contribution is 2.37. The largest absolute Gasteiger partial charge is 0.431 e. The van der Waals surface area contributed by atoms with Gasteiger partial charge in [-0.25, -0.2) is 0 Å². The van der Waals surface area contributed by atoms with Crippen LogP contribution < -0.4 is 15.4 Å². The molecule has 0 bridgehead atoms. The van der Waals surface area contributed by atoms with Crippen LogP contribution >= 0.6 is 27.5 Å². The molecule has 20 heavy (non-hydrogen) atoms. The van der Waals surface area contributed by atoms with Gasteiger partial charge in [0.15, 0.2) is 5.75 Å². The highest BCUT2D eigenvalue weighted by atomic mass is 79.9. The summed E-state index contributed by atoms with van der Waals surface area (Å²) in [5.41, 5.74) is 0.482. The van der Waals surface area contributed by atoms with Gasteiger partial charge >= 0.3 is 6.61 Å². The van der Waals surface area contributed by atoms with Gasteiger partial charge in [-0.2, -0.15) is 8.78 Å². The molecule has 3 nitrogen and oxygen atoms in total. The van der Waals surface area contributed by atoms with Gasteiger partial charge in [-0.15, -0.1) is 0 Å². The number of rotatable bonds is 5. The van der Waals surface area contributed by atoms with Crippen molar-refractivity contribution in [1.29, 1.82) is 0 Å². The maximum Gasteiger partial charge on any atom is 0.387 e. The van der Waals surface area contributed by atoms with Crippen molar-refractivity contribution in [2.45, 2.75) is 19.5 Å². The Morgan fingerprint density at radius 3 is 2.95 bits per heavy atom. The Labute approximate surface area is 130 Å². The van der Waals surface area contributed by atoms with E-state index >= 15 is 0 Å². The van der Waals surface area contributed by atoms with Crippen LogP contribution in [0, 0.1) is 5.92 Å². The van der Waals surface area contributed by atoms with Crippen molar-refractivity contribution < 1.29 is 13.5 Å². The van der Waals surface area contributed by atoms with Gasteiger partial charge in [0.1, 0.15) is 0 Å². The number of nitrogens with one attached hydrogen (secondary N) is 2. The Morgan fingerprint density at radius 2 is 2.30 bits per heavy atom. The van der Waals surface area contributed by atoms with Gasteiger partial charge in [-0.1, -0.05) is 11.6 Å². The Kier molecular flexibility index (Phi) is 5.86. The van der Waals surface area contributed by atoms with E-state index in [0.29, 0.717) is 27.6 Å². The van der Waals surface area contributed by atoms with Crippen LogP contribution in [0.15, 0.2) is 16.6 Å². The molecule has 7 heteroatoms. The normalized spacial score (nSPS) is 19.1. The number of hydrogen-bond donors (Lipinski definition) is 2. The number of anilines is 1. The summed E-state index contributed by atoms with van der Waals surface area (Å²) in [6.07, 6.45) is 2.25. The quantitative estimate of drug-likeness (QED) is 0.819. The second-order valence-electron chi connectivity index (χ2n) is 4.74. The number of hydrogen-bond acceptors (Lipinski definition) is 3. The Balaban J connectivity index is 2.08. The highest BCUT2D eigenvalue weighted by molar-refractivity contribution is 9.10. The standard InChI is InChI=1S/C13H16BrClF2N2O/c14-10-4-9(15)5-11(12(10)20-13(16)17)19-7-8-2-1-3-18-6-8/h4-5,8,13,18-19H,1-3,6-7H2. The zero-order valence-corrected chi connectivity index (χ0v) is 13.1. The number of halogens is 4. The summed E-state index contributed by atoms with van der Waals surface area (Å²) in [6.45, 7) is -0.206. The van der Waals surface area contributed by atoms with Crippen molar-refractivity contribution >= 4 is 33.2 Å². The molecular weight excluding hydrogens is 354 g/mol. The molecule has 0 spiro atoms. The fourth-order valence-corrected chi connectivity index (χ4v) is 3.16. The first-order valence-corrected chi connectivity index (χ1v) is 7.62. The Bertz CT molecular complexity index is 456. The molecule has 1 aromatic rings. The molecule has 2 rings (SSSR count). The molecule has 0 amide bonds. The van der Waals surface area contributed by atoms with E-state index in [1.807, 2.05) is 0 Å². The van der Waals surface area contributed by atoms with E-state index in [2.05, 4.69) is 31.3 Å². The molecule has 1 saturated heterocycles. The van der Waals surface area contributed by atoms with Crippen molar-refractivity contribution in [3.05, 3.63) is 21.6 Å². The minimum atomic E-state index is -2.87. The van der Waals surface area contributed by atoms with Gasteiger partial charge in [-0.3, -0.25) is 0 Å². The summed E-state index contributed by atoms with van der Waals surface area (Å²) in [7, 11) is 0. The van der Waals surface area contributed by atoms with Gasteiger partial charge in [0.05, 0.1) is 10.2 Å². The monoisotopic (exact) mass is 368 g/mol. The maximum absolute atomic E-state index is 12.5. The predicted molar refractivity (Wildman–Crippen MR) is 79.9 cm³/mol. The lowest BCUT2D eigenvalue weighted by molar-refractivity contribution is -0.0498. The summed E-state index contributed by atoms with van der Waals surface area (Å²) < 4.78 is 29.9. The van der Waals surface area contributed by atoms with Crippen molar-refractivity contribution in [3.8, 4) is 5.75 Å². The zero-order chi connectivity index (χ0) is 14.5. The van der Waals surface area contributed by atoms with Gasteiger partial charge in [-0.05, 0) is 59.9 Å². The minimum absolute atomic E-state index is 0.0909. The van der Waals surface area contributed by atoms with E-state index in [-0.39, 0.29) is 5.75 Å². The van der Waals surface area contributed by atoms with Crippen LogP contribution in [0.4, 0.5) is 14.5 Å². The lowest BCUT2D eigenvalue weighted by atomic mass is 10.00. The fourth-order valence-electron chi connectivity index (χ4n) is 2.25. The fraction of sp³-hybridized carbons (Fsp3) is 0.538. The molecule has 1 aromatic carbocycles. The van der Waals surface area contributed by atoms with Gasteiger partial charge < -0.3 is 15.4 Å². The Hall–Kier alpha value is -0.590. The topological polar surface area (TPSA) is 33.3 Å². The summed E-state index contributed by atoms with van der Waals surface area (Å²) in [5.74, 6) is 0.564. The van der Waals surface area contributed by atoms with Crippen LogP contribution in [0.1, 0.15) is 12.8 Å². The summed E-state index contributed by atoms with van der Waals surface area (Å²) in [5, 5.41) is 6.93. The first-order valence-electron chi connectivity index (χ1n) is 6.44. The lowest BCUT2D eigenvalue weighted by Crippen LogP contribution is -2.33. The molecule has 1 aliphatic rings. The van der Waals surface area contributed by atoms with E-state index in [1.54, 1.807) is 6.07 Å². The number of benzene rings is 1. The highest BCUT2D eigenvalue weighted by Gasteiger charge is 2.17. The number of alkyl halides is 2. The van der Waals surface area contributed by atoms with Crippen molar-refractivity contribution in [2.75, 3.05) is 25.0 Å². The van der Waals surface area contributed by atoms with Crippen LogP contribution in [0.5, 0.6) is 5.75 Å². The molecule has 0 saturated carbocycles. The van der Waals surface area contributed by atoms with E-state index in [4.69, 9.17) is 11.6 Å². The lowest BCUT2D eigenvalue weighted by Gasteiger charge is -2.24. The molecule has 0 aromatic heterocycles. The van der Waals surface area contributed by atoms with Gasteiger partial charge in [0.25, 0.3) is 0 Å². The van der Waals surface area contributed by atoms with Crippen molar-refractivity contribution in [3.63, 3.8) is 0 Å². The third kappa shape index (κ3) is 4.46. The SMILES string of the molecule is FC(F)Oc1c(Br)cc(Cl)cc1NCC1CCCNC1. The molecule has 1 aliphatic heterocycles. The molecule has 0 aliphatic carbocycles. The summed E-state index contributed by atoms with van der Waals surface area (Å²) >= 11 is 9.15. The van der Waals surface area contributed by atoms with E-state index in [1.165, 1.54) is 6.07 Å². The average Bonchev–Trinajstić information content (AvgIpc) is 2.40. The summed E-state index contributed by atoms with van der Waals surface area (Å²) in [6, 6.07) is 3.13. The number of piperidine rings is 1. The molecule has 1 atom stereocenters. The smallest absolute Gasteiger partial charge is 0.387 e. The number of ether oxygens (including phenoxy) is 1. The molecule has 1 fully saturated rings. The average molecular weight is 370 g/mol. The van der Waals surface area contributed by atoms with E-state index < -0.39 is 6.61 Å². The molecule has 2 N–H and O–H groups in total. The van der Waals surface area contributed by atoms with Gasteiger partial charge in [0.2, 0.25) is 0 Å². The molecule has 1 unspecified atom stereocenters. The van der Waals surface area contributed by atoms with E-state index in [9.17, 15) is 8.78 Å². The second kappa shape index (κ2) is 7.43. The Morgan fingerprint density at radius 1 is 1.50 bits per heavy atom. The van der Waals surface area contributed by atoms with Crippen molar-refractivity contribution in [1.82, 2.24) is 5.32 Å². The van der Waals surface area contributed by atoms with Crippen LogP contribution in [0.3, 0.4) is 0 Å². The minimum Gasteiger partial charge on any atom is -0.431 e. The third-order valence-corrected chi connectivity index (χ3v) is 4.00. The van der Waals surface area contributed by atoms with Crippen LogP contribution in [-0.4, -0.2) is 26.2 Å². The zero-order valence-electron chi connectivity index (χ0n) is 10.8. The van der Waals surface area contributed by atoms with Crippen LogP contribution in [0.25, 0.3) is 0 Å². The van der Waals surface area contributed by atoms with E-state index in [0.717, 1.165) is 25.9 Å². The first kappa shape index (κ1) is 15.8.